The molecule has 3 aliphatic rings. The van der Waals surface area contributed by atoms with Crippen LogP contribution in [0.5, 0.6) is 0 Å². The summed E-state index contributed by atoms with van der Waals surface area (Å²) in [5.74, 6) is -3.09. The minimum absolute atomic E-state index is 0.364. The van der Waals surface area contributed by atoms with Crippen molar-refractivity contribution >= 4 is 11.9 Å². The zero-order chi connectivity index (χ0) is 16.4. The molecular formula is C11H17N3O8. The minimum atomic E-state index is -2.44. The van der Waals surface area contributed by atoms with E-state index in [1.54, 1.807) is 0 Å². The van der Waals surface area contributed by atoms with Crippen LogP contribution in [0.2, 0.25) is 0 Å². The van der Waals surface area contributed by atoms with Gasteiger partial charge in [0.05, 0.1) is 18.6 Å². The number of guanidine groups is 1. The number of nitrogens with one attached hydrogen (secondary N) is 1. The molecule has 3 rings (SSSR count). The van der Waals surface area contributed by atoms with Crippen LogP contribution in [0.3, 0.4) is 0 Å². The van der Waals surface area contributed by atoms with Gasteiger partial charge in [-0.15, -0.1) is 0 Å². The Morgan fingerprint density at radius 3 is 2.50 bits per heavy atom. The maximum absolute atomic E-state index is 11.9. The number of nitrogens with zero attached hydrogens (tertiary/aromatic N) is 1. The molecule has 0 aromatic heterocycles. The number of carbonyl (C=O) groups excluding carboxylic acids is 1. The Balaban J connectivity index is 2.22. The van der Waals surface area contributed by atoms with Gasteiger partial charge >= 0.3 is 5.97 Å². The Bertz CT molecular complexity index is 543. The van der Waals surface area contributed by atoms with Crippen molar-refractivity contribution in [2.24, 2.45) is 16.6 Å². The van der Waals surface area contributed by atoms with Crippen LogP contribution in [0, 0.1) is 5.92 Å². The summed E-state index contributed by atoms with van der Waals surface area (Å²) in [4.78, 5) is 15.4. The maximum Gasteiger partial charge on any atom is 0.338 e. The van der Waals surface area contributed by atoms with E-state index in [-0.39, 0.29) is 5.96 Å². The molecule has 1 saturated carbocycles. The fourth-order valence-electron chi connectivity index (χ4n) is 3.65. The van der Waals surface area contributed by atoms with Crippen molar-refractivity contribution in [1.82, 2.24) is 5.32 Å². The number of hydrogen-bond donors (Lipinski definition) is 8. The molecule has 0 aromatic carbocycles. The van der Waals surface area contributed by atoms with Gasteiger partial charge in [-0.3, -0.25) is 0 Å². The number of fused-ring (bicyclic) bond motifs is 1. The quantitative estimate of drug-likeness (QED) is 0.215. The van der Waals surface area contributed by atoms with Gasteiger partial charge in [-0.25, -0.2) is 9.79 Å². The lowest BCUT2D eigenvalue weighted by Gasteiger charge is -2.62. The lowest BCUT2D eigenvalue weighted by molar-refractivity contribution is -0.309. The van der Waals surface area contributed by atoms with Crippen LogP contribution in [-0.2, 0) is 9.53 Å². The van der Waals surface area contributed by atoms with Gasteiger partial charge in [0.25, 0.3) is 0 Å². The Morgan fingerprint density at radius 2 is 1.91 bits per heavy atom. The summed E-state index contributed by atoms with van der Waals surface area (Å²) in [7, 11) is 0. The van der Waals surface area contributed by atoms with Gasteiger partial charge < -0.3 is 46.4 Å². The van der Waals surface area contributed by atoms with Crippen LogP contribution in [0.4, 0.5) is 0 Å². The highest BCUT2D eigenvalue weighted by Gasteiger charge is 2.75. The molecule has 0 amide bonds. The monoisotopic (exact) mass is 319 g/mol. The Hall–Kier alpha value is -1.50. The number of hydrogen-bond acceptors (Lipinski definition) is 11. The number of nitrogens with two attached hydrogens (primary N) is 1. The molecule has 1 aliphatic carbocycles. The first-order valence-electron chi connectivity index (χ1n) is 6.57. The highest BCUT2D eigenvalue weighted by atomic mass is 16.6. The lowest BCUT2D eigenvalue weighted by atomic mass is 9.57. The van der Waals surface area contributed by atoms with E-state index >= 15 is 0 Å². The number of esters is 1. The average molecular weight is 319 g/mol. The second-order valence-corrected chi connectivity index (χ2v) is 5.81. The molecule has 9 N–H and O–H groups in total. The van der Waals surface area contributed by atoms with E-state index in [1.165, 1.54) is 0 Å². The first-order valence-corrected chi connectivity index (χ1v) is 6.57. The smallest absolute Gasteiger partial charge is 0.338 e. The summed E-state index contributed by atoms with van der Waals surface area (Å²) in [5, 5.41) is 63.3. The van der Waals surface area contributed by atoms with Crippen LogP contribution in [0.1, 0.15) is 0 Å². The van der Waals surface area contributed by atoms with Gasteiger partial charge in [0.15, 0.2) is 30.0 Å². The zero-order valence-corrected chi connectivity index (χ0v) is 11.2. The van der Waals surface area contributed by atoms with Crippen molar-refractivity contribution in [3.8, 4) is 0 Å². The first kappa shape index (κ1) is 15.4. The number of aliphatic imine (C=N–C) groups is 1. The second kappa shape index (κ2) is 4.50. The van der Waals surface area contributed by atoms with Crippen molar-refractivity contribution in [1.29, 1.82) is 0 Å². The van der Waals surface area contributed by atoms with E-state index in [0.29, 0.717) is 0 Å². The second-order valence-electron chi connectivity index (χ2n) is 5.81. The summed E-state index contributed by atoms with van der Waals surface area (Å²) in [6.45, 7) is -1.06. The Kier molecular flexibility index (Phi) is 3.15. The molecule has 3 unspecified atom stereocenters. The molecule has 1 saturated heterocycles. The molecule has 1 spiro atoms. The number of carbonyl (C=O) groups is 1. The highest BCUT2D eigenvalue weighted by Crippen LogP contribution is 2.48. The molecule has 11 heteroatoms. The fraction of sp³-hybridized carbons (Fsp3) is 0.818. The molecule has 22 heavy (non-hydrogen) atoms. The molecule has 2 heterocycles. The highest BCUT2D eigenvalue weighted by molar-refractivity contribution is 5.85. The molecule has 2 aliphatic heterocycles. The minimum Gasteiger partial charge on any atom is -0.454 e. The first-order chi connectivity index (χ1) is 10.2. The molecule has 11 nitrogen and oxygen atoms in total. The Morgan fingerprint density at radius 1 is 1.27 bits per heavy atom. The van der Waals surface area contributed by atoms with Gasteiger partial charge in [0.1, 0.15) is 11.6 Å². The van der Waals surface area contributed by atoms with E-state index in [9.17, 15) is 35.4 Å². The van der Waals surface area contributed by atoms with Crippen molar-refractivity contribution in [2.45, 2.75) is 41.8 Å². The largest absolute Gasteiger partial charge is 0.454 e. The van der Waals surface area contributed by atoms with Gasteiger partial charge in [-0.05, 0) is 0 Å². The predicted molar refractivity (Wildman–Crippen MR) is 66.9 cm³/mol. The van der Waals surface area contributed by atoms with Gasteiger partial charge in [0, 0.05) is 0 Å². The molecular weight excluding hydrogens is 302 g/mol. The maximum atomic E-state index is 11.9. The molecule has 0 radical (unpaired) electrons. The van der Waals surface area contributed by atoms with Gasteiger partial charge in [-0.2, -0.15) is 0 Å². The van der Waals surface area contributed by atoms with Crippen LogP contribution in [-0.4, -0.2) is 91.0 Å². The normalized spacial score (nSPS) is 53.9. The number of ether oxygens (including phenoxy) is 1. The third-order valence-corrected chi connectivity index (χ3v) is 4.78. The van der Waals surface area contributed by atoms with Crippen LogP contribution >= 0.6 is 0 Å². The Labute approximate surface area is 123 Å². The van der Waals surface area contributed by atoms with E-state index in [4.69, 9.17) is 10.5 Å². The lowest BCUT2D eigenvalue weighted by Crippen LogP contribution is -2.88. The van der Waals surface area contributed by atoms with Crippen molar-refractivity contribution in [3.63, 3.8) is 0 Å². The summed E-state index contributed by atoms with van der Waals surface area (Å²) < 4.78 is 4.76. The molecule has 2 bridgehead atoms. The fourth-order valence-corrected chi connectivity index (χ4v) is 3.65. The van der Waals surface area contributed by atoms with Crippen LogP contribution < -0.4 is 11.1 Å². The van der Waals surface area contributed by atoms with E-state index < -0.39 is 60.3 Å². The summed E-state index contributed by atoms with van der Waals surface area (Å²) >= 11 is 0. The predicted octanol–water partition coefficient (Wildman–Crippen LogP) is -5.68. The summed E-state index contributed by atoms with van der Waals surface area (Å²) in [6, 6.07) is 0. The molecule has 2 fully saturated rings. The van der Waals surface area contributed by atoms with Crippen molar-refractivity contribution in [2.75, 3.05) is 6.61 Å². The number of rotatable bonds is 1. The topological polar surface area (TPSA) is 198 Å². The average Bonchev–Trinajstić information content (AvgIpc) is 2.46. The van der Waals surface area contributed by atoms with Crippen LogP contribution in [0.15, 0.2) is 4.99 Å². The standard InChI is InChI=1S/C11H17N3O8/c12-9-13-7(19)2-3(16)10(21,1-15)6-4(17)11(2,14-9)5(18)8(20)22-6/h2-7,15-19,21H,1H2,(H3,12,13,14)/t2?,3?,4-,5-,6?,7-,10-,11-/m1/s1. The SMILES string of the molecule is NC1=N[C@H](O)C2C(O)[C@](O)(CO)C3OC(=O)[C@@H](O)[C@]2(N1)[C@@H]3O. The number of aliphatic hydroxyl groups is 6. The van der Waals surface area contributed by atoms with E-state index in [1.807, 2.05) is 0 Å². The van der Waals surface area contributed by atoms with Gasteiger partial charge in [-0.1, -0.05) is 0 Å². The zero-order valence-electron chi connectivity index (χ0n) is 11.2. The van der Waals surface area contributed by atoms with Crippen molar-refractivity contribution in [3.05, 3.63) is 0 Å². The summed E-state index contributed by atoms with van der Waals surface area (Å²) in [5.41, 5.74) is 1.04. The summed E-state index contributed by atoms with van der Waals surface area (Å²) in [6.07, 6.45) is -9.08. The van der Waals surface area contributed by atoms with Crippen molar-refractivity contribution < 1.29 is 40.2 Å². The molecule has 8 atom stereocenters. The third kappa shape index (κ3) is 1.55. The number of aliphatic hydroxyl groups excluding tert-OH is 5. The third-order valence-electron chi connectivity index (χ3n) is 4.78. The van der Waals surface area contributed by atoms with E-state index in [2.05, 4.69) is 10.3 Å². The molecule has 124 valence electrons. The van der Waals surface area contributed by atoms with E-state index in [0.717, 1.165) is 0 Å². The van der Waals surface area contributed by atoms with Crippen LogP contribution in [0.25, 0.3) is 0 Å². The van der Waals surface area contributed by atoms with Gasteiger partial charge in [0.2, 0.25) is 0 Å². The molecule has 0 aromatic rings.